The van der Waals surface area contributed by atoms with E-state index in [9.17, 15) is 4.39 Å². The maximum Gasteiger partial charge on any atom is 0.146 e. The summed E-state index contributed by atoms with van der Waals surface area (Å²) in [7, 11) is 0. The number of quaternary nitrogens is 1. The summed E-state index contributed by atoms with van der Waals surface area (Å²) < 4.78 is 12.2. The molecule has 3 N–H and O–H groups in total. The van der Waals surface area contributed by atoms with Crippen LogP contribution in [0.5, 0.6) is 0 Å². The van der Waals surface area contributed by atoms with Crippen LogP contribution in [-0.4, -0.2) is 0 Å². The van der Waals surface area contributed by atoms with Crippen molar-refractivity contribution in [2.45, 2.75) is 0 Å². The summed E-state index contributed by atoms with van der Waals surface area (Å²) in [6.45, 7) is 0. The zero-order valence-corrected chi connectivity index (χ0v) is 6.58. The largest absolute Gasteiger partial charge is 1.00 e. The van der Waals surface area contributed by atoms with Crippen molar-refractivity contribution in [3.05, 3.63) is 29.0 Å². The lowest BCUT2D eigenvalue weighted by atomic mass is 10.3. The van der Waals surface area contributed by atoms with Gasteiger partial charge in [-0.3, -0.25) is 0 Å². The fourth-order valence-corrected chi connectivity index (χ4v) is 0.689. The average molecular weight is 182 g/mol. The molecule has 0 spiro atoms. The molecule has 0 aliphatic heterocycles. The van der Waals surface area contributed by atoms with Crippen molar-refractivity contribution in [3.8, 4) is 0 Å². The summed E-state index contributed by atoms with van der Waals surface area (Å²) in [4.78, 5) is 0. The highest BCUT2D eigenvalue weighted by molar-refractivity contribution is 6.32. The molecular weight excluding hydrogens is 176 g/mol. The van der Waals surface area contributed by atoms with Crippen LogP contribution in [0.2, 0.25) is 5.02 Å². The second-order valence-corrected chi connectivity index (χ2v) is 2.14. The van der Waals surface area contributed by atoms with Gasteiger partial charge in [0.1, 0.15) is 16.5 Å². The second kappa shape index (κ2) is 3.76. The zero-order chi connectivity index (χ0) is 6.85. The first-order valence-corrected chi connectivity index (χ1v) is 2.85. The Morgan fingerprint density at radius 2 is 2.00 bits per heavy atom. The van der Waals surface area contributed by atoms with E-state index >= 15 is 0 Å². The topological polar surface area (TPSA) is 27.6 Å². The molecule has 0 heterocycles. The molecule has 0 aliphatic rings. The van der Waals surface area contributed by atoms with Gasteiger partial charge in [-0.1, -0.05) is 11.6 Å². The molecule has 1 aromatic carbocycles. The van der Waals surface area contributed by atoms with Gasteiger partial charge < -0.3 is 18.1 Å². The summed E-state index contributed by atoms with van der Waals surface area (Å²) in [5, 5.41) is 0.370. The zero-order valence-electron chi connectivity index (χ0n) is 5.07. The molecule has 0 saturated carbocycles. The van der Waals surface area contributed by atoms with Crippen molar-refractivity contribution < 1.29 is 22.5 Å². The SMILES string of the molecule is [Cl-].[NH3+]c1ccc(F)cc1Cl. The first-order valence-electron chi connectivity index (χ1n) is 2.47. The molecule has 1 rings (SSSR count). The van der Waals surface area contributed by atoms with Gasteiger partial charge in [0.05, 0.1) is 0 Å². The van der Waals surface area contributed by atoms with E-state index in [1.165, 1.54) is 18.2 Å². The Labute approximate surface area is 69.4 Å². The van der Waals surface area contributed by atoms with E-state index in [4.69, 9.17) is 11.6 Å². The Hall–Kier alpha value is -0.310. The quantitative estimate of drug-likeness (QED) is 0.498. The predicted molar refractivity (Wildman–Crippen MR) is 34.0 cm³/mol. The van der Waals surface area contributed by atoms with Gasteiger partial charge in [0.25, 0.3) is 0 Å². The Bertz CT molecular complexity index is 227. The third kappa shape index (κ3) is 2.14. The number of benzene rings is 1. The average Bonchev–Trinajstić information content (AvgIpc) is 1.80. The van der Waals surface area contributed by atoms with Gasteiger partial charge in [0.15, 0.2) is 0 Å². The van der Waals surface area contributed by atoms with E-state index in [-0.39, 0.29) is 18.2 Å². The van der Waals surface area contributed by atoms with Crippen molar-refractivity contribution in [3.63, 3.8) is 0 Å². The molecule has 4 heteroatoms. The third-order valence-electron chi connectivity index (χ3n) is 1.02. The normalized spacial score (nSPS) is 8.70. The monoisotopic (exact) mass is 181 g/mol. The minimum atomic E-state index is -0.326. The molecule has 1 nitrogen and oxygen atoms in total. The number of halogens is 3. The molecule has 1 aromatic rings. The Balaban J connectivity index is 0.000000810. The van der Waals surface area contributed by atoms with Crippen LogP contribution in [0.4, 0.5) is 10.1 Å². The van der Waals surface area contributed by atoms with Crippen LogP contribution in [0.3, 0.4) is 0 Å². The van der Waals surface area contributed by atoms with Gasteiger partial charge in [0.2, 0.25) is 0 Å². The van der Waals surface area contributed by atoms with Gasteiger partial charge in [-0.25, -0.2) is 4.39 Å². The molecule has 56 valence electrons. The standard InChI is InChI=1S/C6H5ClFN.ClH/c7-5-3-4(8)1-2-6(5)9;/h1-3H,9H2;1H. The number of hydrogen-bond acceptors (Lipinski definition) is 0. The first kappa shape index (κ1) is 9.69. The van der Waals surface area contributed by atoms with Gasteiger partial charge >= 0.3 is 0 Å². The van der Waals surface area contributed by atoms with Crippen molar-refractivity contribution >= 4 is 17.3 Å². The Morgan fingerprint density at radius 1 is 1.40 bits per heavy atom. The molecule has 0 aromatic heterocycles. The fourth-order valence-electron chi connectivity index (χ4n) is 0.522. The van der Waals surface area contributed by atoms with Gasteiger partial charge in [-0.15, -0.1) is 0 Å². The van der Waals surface area contributed by atoms with Crippen LogP contribution in [0.15, 0.2) is 18.2 Å². The van der Waals surface area contributed by atoms with Gasteiger partial charge in [-0.05, 0) is 12.1 Å². The summed E-state index contributed by atoms with van der Waals surface area (Å²) in [5.41, 5.74) is 4.21. The van der Waals surface area contributed by atoms with Crippen LogP contribution in [-0.2, 0) is 0 Å². The molecule has 0 unspecified atom stereocenters. The van der Waals surface area contributed by atoms with E-state index in [1.54, 1.807) is 0 Å². The molecule has 0 saturated heterocycles. The van der Waals surface area contributed by atoms with Crippen molar-refractivity contribution in [1.29, 1.82) is 0 Å². The van der Waals surface area contributed by atoms with E-state index in [2.05, 4.69) is 5.73 Å². The molecule has 0 radical (unpaired) electrons. The molecule has 0 atom stereocenters. The lowest BCUT2D eigenvalue weighted by Gasteiger charge is -1.90. The van der Waals surface area contributed by atoms with Crippen LogP contribution in [0.1, 0.15) is 0 Å². The maximum atomic E-state index is 12.2. The van der Waals surface area contributed by atoms with E-state index < -0.39 is 0 Å². The predicted octanol–water partition coefficient (Wildman–Crippen LogP) is -1.64. The molecule has 0 amide bonds. The Kier molecular flexibility index (Phi) is 3.64. The summed E-state index contributed by atoms with van der Waals surface area (Å²) >= 11 is 5.51. The van der Waals surface area contributed by atoms with Crippen LogP contribution in [0, 0.1) is 5.82 Å². The third-order valence-corrected chi connectivity index (χ3v) is 1.37. The van der Waals surface area contributed by atoms with Crippen molar-refractivity contribution in [2.75, 3.05) is 0 Å². The molecule has 0 bridgehead atoms. The molecule has 10 heavy (non-hydrogen) atoms. The fraction of sp³-hybridized carbons (Fsp3) is 0. The molecule has 0 aliphatic carbocycles. The van der Waals surface area contributed by atoms with E-state index in [0.29, 0.717) is 10.7 Å². The highest BCUT2D eigenvalue weighted by atomic mass is 35.5. The van der Waals surface area contributed by atoms with Crippen molar-refractivity contribution in [2.24, 2.45) is 0 Å². The Morgan fingerprint density at radius 3 is 2.40 bits per heavy atom. The highest BCUT2D eigenvalue weighted by Crippen LogP contribution is 2.16. The minimum absolute atomic E-state index is 0. The van der Waals surface area contributed by atoms with E-state index in [0.717, 1.165) is 0 Å². The number of hydrogen-bond donors (Lipinski definition) is 1. The number of rotatable bonds is 0. The van der Waals surface area contributed by atoms with Crippen LogP contribution < -0.4 is 18.1 Å². The highest BCUT2D eigenvalue weighted by Gasteiger charge is 1.98. The smallest absolute Gasteiger partial charge is 0.146 e. The van der Waals surface area contributed by atoms with Crippen LogP contribution in [0.25, 0.3) is 0 Å². The summed E-state index contributed by atoms with van der Waals surface area (Å²) in [5.74, 6) is -0.326. The van der Waals surface area contributed by atoms with Gasteiger partial charge in [-0.2, -0.15) is 0 Å². The lowest BCUT2D eigenvalue weighted by molar-refractivity contribution is -0.254. The van der Waals surface area contributed by atoms with Crippen molar-refractivity contribution in [1.82, 2.24) is 0 Å². The first-order chi connectivity index (χ1) is 4.20. The van der Waals surface area contributed by atoms with Gasteiger partial charge in [0, 0.05) is 6.07 Å². The molecule has 0 fully saturated rings. The minimum Gasteiger partial charge on any atom is -1.00 e. The summed E-state index contributed by atoms with van der Waals surface area (Å²) in [6, 6.07) is 4.11. The summed E-state index contributed by atoms with van der Waals surface area (Å²) in [6.07, 6.45) is 0. The maximum absolute atomic E-state index is 12.2. The lowest BCUT2D eigenvalue weighted by Crippen LogP contribution is -3.00. The molecular formula is C6H6Cl2FN. The second-order valence-electron chi connectivity index (χ2n) is 1.74. The van der Waals surface area contributed by atoms with Crippen LogP contribution >= 0.6 is 11.6 Å². The van der Waals surface area contributed by atoms with E-state index in [1.807, 2.05) is 0 Å².